The molecular weight excluding hydrogens is 536 g/mol. The average molecular weight is 559 g/mol. The molecule has 14 heteroatoms. The van der Waals surface area contributed by atoms with Gasteiger partial charge in [0.25, 0.3) is 10.0 Å². The smallest absolute Gasteiger partial charge is 0.263 e. The fourth-order valence-corrected chi connectivity index (χ4v) is 6.07. The molecule has 3 rings (SSSR count). The normalized spacial score (nSPS) is 11.6. The van der Waals surface area contributed by atoms with E-state index in [1.165, 1.54) is 47.9 Å². The van der Waals surface area contributed by atoms with Gasteiger partial charge in [-0.2, -0.15) is 0 Å². The highest BCUT2D eigenvalue weighted by Gasteiger charge is 2.19. The van der Waals surface area contributed by atoms with Crippen molar-refractivity contribution in [3.63, 3.8) is 0 Å². The maximum Gasteiger partial charge on any atom is 0.263 e. The van der Waals surface area contributed by atoms with Crippen LogP contribution in [-0.4, -0.2) is 47.6 Å². The Balaban J connectivity index is 1.57. The highest BCUT2D eigenvalue weighted by atomic mass is 35.5. The number of aromatic nitrogens is 1. The van der Waals surface area contributed by atoms with Gasteiger partial charge >= 0.3 is 0 Å². The lowest BCUT2D eigenvalue weighted by Crippen LogP contribution is -2.31. The van der Waals surface area contributed by atoms with Gasteiger partial charge in [0.1, 0.15) is 5.75 Å². The molecule has 0 radical (unpaired) electrons. The van der Waals surface area contributed by atoms with Gasteiger partial charge in [-0.3, -0.25) is 13.8 Å². The molecule has 35 heavy (non-hydrogen) atoms. The summed E-state index contributed by atoms with van der Waals surface area (Å²) in [5.74, 6) is 0.0729. The molecule has 1 aromatic heterocycles. The number of ether oxygens (including phenoxy) is 1. The lowest BCUT2D eigenvalue weighted by atomic mass is 10.2. The molecule has 0 saturated heterocycles. The summed E-state index contributed by atoms with van der Waals surface area (Å²) in [6.45, 7) is 0.0640. The Morgan fingerprint density at radius 3 is 2.43 bits per heavy atom. The highest BCUT2D eigenvalue weighted by Crippen LogP contribution is 2.30. The van der Waals surface area contributed by atoms with Crippen molar-refractivity contribution in [1.29, 1.82) is 0 Å². The summed E-state index contributed by atoms with van der Waals surface area (Å²) in [6.07, 6.45) is 2.85. The van der Waals surface area contributed by atoms with Gasteiger partial charge < -0.3 is 10.1 Å². The van der Waals surface area contributed by atoms with Crippen molar-refractivity contribution in [2.24, 2.45) is 0 Å². The number of amides is 1. The van der Waals surface area contributed by atoms with E-state index >= 15 is 0 Å². The molecular formula is C21H23ClN4O6S3. The molecule has 3 aromatic rings. The summed E-state index contributed by atoms with van der Waals surface area (Å²) in [5.41, 5.74) is 0.770. The summed E-state index contributed by atoms with van der Waals surface area (Å²) in [7, 11) is -5.95. The van der Waals surface area contributed by atoms with Gasteiger partial charge in [0.05, 0.1) is 29.0 Å². The molecule has 0 bridgehead atoms. The van der Waals surface area contributed by atoms with E-state index < -0.39 is 20.0 Å². The number of methoxy groups -OCH3 is 1. The molecule has 0 unspecified atom stereocenters. The first-order valence-electron chi connectivity index (χ1n) is 10.1. The van der Waals surface area contributed by atoms with E-state index in [-0.39, 0.29) is 40.3 Å². The summed E-state index contributed by atoms with van der Waals surface area (Å²) in [5, 5.41) is 4.84. The third kappa shape index (κ3) is 7.31. The number of carbonyl (C=O) groups is 1. The number of hydrogen-bond donors (Lipinski definition) is 2. The predicted molar refractivity (Wildman–Crippen MR) is 137 cm³/mol. The Bertz CT molecular complexity index is 1380. The van der Waals surface area contributed by atoms with E-state index in [1.54, 1.807) is 17.5 Å². The number of nitrogens with one attached hydrogen (secondary N) is 2. The zero-order valence-electron chi connectivity index (χ0n) is 18.8. The fourth-order valence-electron chi connectivity index (χ4n) is 3.07. The minimum atomic E-state index is -3.79. The topological polar surface area (TPSA) is 135 Å². The number of halogens is 1. The molecule has 0 spiro atoms. The Hall–Kier alpha value is -2.87. The number of sulfonamides is 2. The summed E-state index contributed by atoms with van der Waals surface area (Å²) in [4.78, 5) is 16.3. The van der Waals surface area contributed by atoms with Gasteiger partial charge in [-0.05, 0) is 48.9 Å². The fraction of sp³-hybridized carbons (Fsp3) is 0.238. The van der Waals surface area contributed by atoms with Crippen LogP contribution in [0.5, 0.6) is 5.75 Å². The van der Waals surface area contributed by atoms with Crippen LogP contribution in [-0.2, 0) is 24.8 Å². The van der Waals surface area contributed by atoms with Gasteiger partial charge in [0.15, 0.2) is 5.13 Å². The molecule has 0 atom stereocenters. The molecule has 0 aliphatic carbocycles. The summed E-state index contributed by atoms with van der Waals surface area (Å²) in [6, 6.07) is 10.3. The number of hydrogen-bond acceptors (Lipinski definition) is 8. The van der Waals surface area contributed by atoms with Crippen molar-refractivity contribution >= 4 is 65.4 Å². The van der Waals surface area contributed by atoms with Crippen LogP contribution in [0, 0.1) is 0 Å². The monoisotopic (exact) mass is 558 g/mol. The van der Waals surface area contributed by atoms with Gasteiger partial charge in [-0.1, -0.05) is 11.6 Å². The van der Waals surface area contributed by atoms with Crippen molar-refractivity contribution in [1.82, 2.24) is 4.98 Å². The molecule has 2 N–H and O–H groups in total. The van der Waals surface area contributed by atoms with Gasteiger partial charge in [-0.25, -0.2) is 21.8 Å². The number of nitrogens with zero attached hydrogens (tertiary/aromatic N) is 2. The molecule has 1 heterocycles. The lowest BCUT2D eigenvalue weighted by molar-refractivity contribution is -0.116. The Morgan fingerprint density at radius 2 is 1.86 bits per heavy atom. The number of anilines is 3. The zero-order valence-corrected chi connectivity index (χ0v) is 22.0. The highest BCUT2D eigenvalue weighted by molar-refractivity contribution is 7.93. The van der Waals surface area contributed by atoms with E-state index in [1.807, 2.05) is 0 Å². The number of thiazole rings is 1. The molecule has 0 aliphatic heterocycles. The third-order valence-corrected chi connectivity index (χ3v) is 8.35. The SMILES string of the molecule is COc1ccc(N(CCCC(=O)Nc2ccc(S(=O)(=O)Nc3nccs3)cc2)S(C)(=O)=O)cc1Cl. The minimum Gasteiger partial charge on any atom is -0.495 e. The van der Waals surface area contributed by atoms with Crippen LogP contribution in [0.4, 0.5) is 16.5 Å². The largest absolute Gasteiger partial charge is 0.495 e. The van der Waals surface area contributed by atoms with Crippen LogP contribution in [0.1, 0.15) is 12.8 Å². The van der Waals surface area contributed by atoms with E-state index in [4.69, 9.17) is 16.3 Å². The van der Waals surface area contributed by atoms with Crippen LogP contribution in [0.25, 0.3) is 0 Å². The quantitative estimate of drug-likeness (QED) is 0.365. The maximum atomic E-state index is 12.4. The number of carbonyl (C=O) groups excluding carboxylic acids is 1. The van der Waals surface area contributed by atoms with Crippen LogP contribution < -0.4 is 19.1 Å². The summed E-state index contributed by atoms with van der Waals surface area (Å²) < 4.78 is 58.0. The van der Waals surface area contributed by atoms with Crippen LogP contribution in [0.15, 0.2) is 58.9 Å². The Labute approximate surface area is 213 Å². The first-order valence-corrected chi connectivity index (χ1v) is 14.7. The minimum absolute atomic E-state index is 0.0210. The predicted octanol–water partition coefficient (Wildman–Crippen LogP) is 3.79. The molecule has 2 aromatic carbocycles. The average Bonchev–Trinajstić information content (AvgIpc) is 3.28. The zero-order chi connectivity index (χ0) is 25.6. The number of rotatable bonds is 11. The first kappa shape index (κ1) is 26.7. The van der Waals surface area contributed by atoms with Crippen molar-refractivity contribution in [2.75, 3.05) is 34.3 Å². The lowest BCUT2D eigenvalue weighted by Gasteiger charge is -2.23. The molecule has 0 fully saturated rings. The van der Waals surface area contributed by atoms with Crippen LogP contribution in [0.3, 0.4) is 0 Å². The van der Waals surface area contributed by atoms with Crippen molar-refractivity contribution in [3.8, 4) is 5.75 Å². The second-order valence-electron chi connectivity index (χ2n) is 7.27. The number of benzene rings is 2. The van der Waals surface area contributed by atoms with Crippen molar-refractivity contribution in [3.05, 3.63) is 59.1 Å². The van der Waals surface area contributed by atoms with Crippen molar-refractivity contribution in [2.45, 2.75) is 17.7 Å². The van der Waals surface area contributed by atoms with Gasteiger partial charge in [-0.15, -0.1) is 11.3 Å². The van der Waals surface area contributed by atoms with E-state index in [9.17, 15) is 21.6 Å². The Morgan fingerprint density at radius 1 is 1.14 bits per heavy atom. The van der Waals surface area contributed by atoms with E-state index in [0.717, 1.165) is 17.6 Å². The molecule has 10 nitrogen and oxygen atoms in total. The van der Waals surface area contributed by atoms with E-state index in [0.29, 0.717) is 17.1 Å². The molecule has 0 saturated carbocycles. The standard InChI is InChI=1S/C21H23ClN4O6S3/c1-32-19-10-7-16(14-18(19)22)26(34(2,28)29)12-3-4-20(27)24-15-5-8-17(9-6-15)35(30,31)25-21-23-11-13-33-21/h5-11,13-14H,3-4,12H2,1-2H3,(H,23,25)(H,24,27). The first-order chi connectivity index (χ1) is 16.5. The van der Waals surface area contributed by atoms with Gasteiger partial charge in [0.2, 0.25) is 15.9 Å². The second-order valence-corrected chi connectivity index (χ2v) is 12.2. The van der Waals surface area contributed by atoms with E-state index in [2.05, 4.69) is 15.0 Å². The van der Waals surface area contributed by atoms with Gasteiger partial charge in [0, 0.05) is 30.2 Å². The Kier molecular flexibility index (Phi) is 8.59. The maximum absolute atomic E-state index is 12.4. The molecule has 0 aliphatic rings. The second kappa shape index (κ2) is 11.2. The summed E-state index contributed by atoms with van der Waals surface area (Å²) >= 11 is 7.27. The van der Waals surface area contributed by atoms with Crippen LogP contribution >= 0.6 is 22.9 Å². The van der Waals surface area contributed by atoms with Crippen molar-refractivity contribution < 1.29 is 26.4 Å². The molecule has 188 valence electrons. The molecule has 1 amide bonds. The van der Waals surface area contributed by atoms with Crippen LogP contribution in [0.2, 0.25) is 5.02 Å². The third-order valence-electron chi connectivity index (χ3n) is 4.69.